The average molecular weight is 348 g/mol. The minimum atomic E-state index is -0.380. The molecule has 0 radical (unpaired) electrons. The van der Waals surface area contributed by atoms with E-state index in [9.17, 15) is 14.7 Å². The highest BCUT2D eigenvalue weighted by atomic mass is 16.5. The zero-order valence-corrected chi connectivity index (χ0v) is 14.7. The fraction of sp³-hybridized carbons (Fsp3) is 0.647. The molecule has 25 heavy (non-hydrogen) atoms. The van der Waals surface area contributed by atoms with Gasteiger partial charge in [0.2, 0.25) is 11.9 Å². The molecule has 3 rings (SSSR count). The van der Waals surface area contributed by atoms with Crippen molar-refractivity contribution >= 4 is 23.8 Å². The topological polar surface area (TPSA) is 117 Å². The summed E-state index contributed by atoms with van der Waals surface area (Å²) >= 11 is 0. The number of nitrogens with zero attached hydrogens (tertiary/aromatic N) is 2. The molecule has 1 saturated heterocycles. The largest absolute Gasteiger partial charge is 0.394 e. The molecule has 1 aromatic rings. The molecule has 0 spiro atoms. The Kier molecular flexibility index (Phi) is 5.01. The minimum absolute atomic E-state index is 0.0208. The van der Waals surface area contributed by atoms with Gasteiger partial charge >= 0.3 is 0 Å². The van der Waals surface area contributed by atoms with Crippen molar-refractivity contribution in [3.05, 3.63) is 16.0 Å². The van der Waals surface area contributed by atoms with Gasteiger partial charge in [0, 0.05) is 18.1 Å². The number of H-pyrrole nitrogens is 1. The Balaban J connectivity index is 1.94. The van der Waals surface area contributed by atoms with E-state index in [0.717, 1.165) is 6.42 Å². The summed E-state index contributed by atoms with van der Waals surface area (Å²) in [5.41, 5.74) is 0.428. The molecule has 1 fully saturated rings. The monoisotopic (exact) mass is 348 g/mol. The third-order valence-electron chi connectivity index (χ3n) is 4.76. The molecule has 0 aliphatic carbocycles. The number of aromatic nitrogens is 2. The highest BCUT2D eigenvalue weighted by Crippen LogP contribution is 2.40. The fourth-order valence-corrected chi connectivity index (χ4v) is 3.42. The number of amides is 1. The molecular weight excluding hydrogens is 324 g/mol. The predicted molar refractivity (Wildman–Crippen MR) is 93.4 cm³/mol. The van der Waals surface area contributed by atoms with Crippen LogP contribution in [0.5, 0.6) is 0 Å². The van der Waals surface area contributed by atoms with Gasteiger partial charge in [-0.25, -0.2) is 4.98 Å². The molecule has 1 amide bonds. The van der Waals surface area contributed by atoms with E-state index < -0.39 is 0 Å². The van der Waals surface area contributed by atoms with E-state index in [2.05, 4.69) is 27.2 Å². The first kappa shape index (κ1) is 17.8. The maximum Gasteiger partial charge on any atom is 0.278 e. The number of aromatic amines is 1. The molecule has 0 bridgehead atoms. The number of rotatable bonds is 4. The molecule has 136 valence electrons. The van der Waals surface area contributed by atoms with Crippen LogP contribution in [0.4, 0.5) is 11.6 Å². The van der Waals surface area contributed by atoms with Gasteiger partial charge in [-0.3, -0.25) is 24.9 Å². The number of hydrogen-bond donors (Lipinski definition) is 3. The molecule has 8 nitrogen and oxygen atoms in total. The number of hydrogen-bond acceptors (Lipinski definition) is 6. The molecule has 0 saturated carbocycles. The van der Waals surface area contributed by atoms with E-state index in [1.54, 1.807) is 20.1 Å². The summed E-state index contributed by atoms with van der Waals surface area (Å²) in [6, 6.07) is 0. The second-order valence-corrected chi connectivity index (χ2v) is 7.06. The number of carbonyl (C=O) groups is 1. The van der Waals surface area contributed by atoms with Crippen LogP contribution in [0.1, 0.15) is 45.2 Å². The van der Waals surface area contributed by atoms with Crippen LogP contribution in [-0.4, -0.2) is 46.0 Å². The summed E-state index contributed by atoms with van der Waals surface area (Å²) in [6.07, 6.45) is 2.74. The predicted octanol–water partition coefficient (Wildman–Crippen LogP) is 1.34. The molecule has 1 aromatic heterocycles. The summed E-state index contributed by atoms with van der Waals surface area (Å²) in [7, 11) is 0. The summed E-state index contributed by atoms with van der Waals surface area (Å²) < 4.78 is 5.97. The quantitative estimate of drug-likeness (QED) is 0.759. The van der Waals surface area contributed by atoms with E-state index >= 15 is 0 Å². The van der Waals surface area contributed by atoms with E-state index in [1.807, 2.05) is 0 Å². The molecule has 3 N–H and O–H groups in total. The first-order valence-electron chi connectivity index (χ1n) is 8.64. The zero-order valence-electron chi connectivity index (χ0n) is 14.7. The van der Waals surface area contributed by atoms with Gasteiger partial charge in [-0.15, -0.1) is 0 Å². The SMILES string of the molecule is CC(C)C(=O)Nc1nc2c(c(=O)[nH]1)N=CCC2[C@@H]1O[C@H](CO)C[C@@H]1C. The number of nitrogens with one attached hydrogen (secondary N) is 2. The molecular formula is C17H24N4O4. The summed E-state index contributed by atoms with van der Waals surface area (Å²) in [4.78, 5) is 35.5. The highest BCUT2D eigenvalue weighted by molar-refractivity contribution is 5.90. The van der Waals surface area contributed by atoms with Gasteiger partial charge in [-0.05, 0) is 18.8 Å². The Morgan fingerprint density at radius 2 is 2.28 bits per heavy atom. The number of fused-ring (bicyclic) bond motifs is 1. The lowest BCUT2D eigenvalue weighted by molar-refractivity contribution is -0.118. The Labute approximate surface area is 145 Å². The third-order valence-corrected chi connectivity index (χ3v) is 4.76. The number of aliphatic hydroxyl groups excluding tert-OH is 1. The van der Waals surface area contributed by atoms with E-state index in [-0.39, 0.29) is 59.7 Å². The van der Waals surface area contributed by atoms with Crippen LogP contribution < -0.4 is 10.9 Å². The van der Waals surface area contributed by atoms with Crippen LogP contribution >= 0.6 is 0 Å². The minimum Gasteiger partial charge on any atom is -0.394 e. The van der Waals surface area contributed by atoms with Crippen LogP contribution in [0.25, 0.3) is 0 Å². The van der Waals surface area contributed by atoms with Gasteiger partial charge in [0.05, 0.1) is 24.5 Å². The van der Waals surface area contributed by atoms with Crippen molar-refractivity contribution in [3.8, 4) is 0 Å². The van der Waals surface area contributed by atoms with Crippen LogP contribution in [-0.2, 0) is 9.53 Å². The average Bonchev–Trinajstić information content (AvgIpc) is 2.95. The maximum atomic E-state index is 12.4. The van der Waals surface area contributed by atoms with Crippen molar-refractivity contribution in [1.29, 1.82) is 0 Å². The lowest BCUT2D eigenvalue weighted by atomic mass is 9.85. The van der Waals surface area contributed by atoms with Gasteiger partial charge in [-0.2, -0.15) is 0 Å². The van der Waals surface area contributed by atoms with Crippen LogP contribution in [0.3, 0.4) is 0 Å². The second kappa shape index (κ2) is 7.05. The molecule has 0 aromatic carbocycles. The maximum absolute atomic E-state index is 12.4. The Hall–Kier alpha value is -2.06. The standard InChI is InChI=1S/C17H24N4O4/c1-8(2)15(23)20-17-19-12-11(4-5-18-13(12)16(24)21-17)14-9(3)6-10(7-22)25-14/h5,8-11,14,22H,4,6-7H2,1-3H3,(H2,19,20,21,23,24)/t9-,10-,11?,14+/m0/s1. The first-order valence-corrected chi connectivity index (χ1v) is 8.64. The van der Waals surface area contributed by atoms with E-state index in [1.165, 1.54) is 0 Å². The zero-order chi connectivity index (χ0) is 18.1. The molecule has 2 aliphatic heterocycles. The Morgan fingerprint density at radius 3 is 2.92 bits per heavy atom. The number of anilines is 1. The Morgan fingerprint density at radius 1 is 1.52 bits per heavy atom. The first-order chi connectivity index (χ1) is 11.9. The number of ether oxygens (including phenoxy) is 1. The van der Waals surface area contributed by atoms with Crippen molar-refractivity contribution in [2.24, 2.45) is 16.8 Å². The normalized spacial score (nSPS) is 28.2. The van der Waals surface area contributed by atoms with Crippen molar-refractivity contribution in [2.75, 3.05) is 11.9 Å². The van der Waals surface area contributed by atoms with E-state index in [0.29, 0.717) is 12.1 Å². The second-order valence-electron chi connectivity index (χ2n) is 7.06. The van der Waals surface area contributed by atoms with Crippen molar-refractivity contribution < 1.29 is 14.6 Å². The summed E-state index contributed by atoms with van der Waals surface area (Å²) in [6.45, 7) is 5.58. The van der Waals surface area contributed by atoms with Crippen LogP contribution in [0.15, 0.2) is 9.79 Å². The third kappa shape index (κ3) is 3.50. The molecule has 3 heterocycles. The van der Waals surface area contributed by atoms with Gasteiger partial charge in [0.25, 0.3) is 5.56 Å². The van der Waals surface area contributed by atoms with Crippen LogP contribution in [0, 0.1) is 11.8 Å². The fourth-order valence-electron chi connectivity index (χ4n) is 3.42. The lowest BCUT2D eigenvalue weighted by Gasteiger charge is -2.28. The van der Waals surface area contributed by atoms with Gasteiger partial charge < -0.3 is 9.84 Å². The Bertz CT molecular complexity index is 743. The summed E-state index contributed by atoms with van der Waals surface area (Å²) in [5.74, 6) is -0.204. The molecule has 4 atom stereocenters. The van der Waals surface area contributed by atoms with Crippen molar-refractivity contribution in [1.82, 2.24) is 9.97 Å². The van der Waals surface area contributed by atoms with Gasteiger partial charge in [-0.1, -0.05) is 20.8 Å². The van der Waals surface area contributed by atoms with Crippen molar-refractivity contribution in [3.63, 3.8) is 0 Å². The van der Waals surface area contributed by atoms with E-state index in [4.69, 9.17) is 4.74 Å². The highest BCUT2D eigenvalue weighted by Gasteiger charge is 2.40. The van der Waals surface area contributed by atoms with Gasteiger partial charge in [0.15, 0.2) is 0 Å². The van der Waals surface area contributed by atoms with Crippen LogP contribution in [0.2, 0.25) is 0 Å². The molecule has 8 heteroatoms. The van der Waals surface area contributed by atoms with Gasteiger partial charge in [0.1, 0.15) is 5.69 Å². The summed E-state index contributed by atoms with van der Waals surface area (Å²) in [5, 5.41) is 12.0. The number of carbonyl (C=O) groups excluding carboxylic acids is 1. The smallest absolute Gasteiger partial charge is 0.278 e. The number of aliphatic imine (C=N–C) groups is 1. The number of aliphatic hydroxyl groups is 1. The lowest BCUT2D eigenvalue weighted by Crippen LogP contribution is -2.30. The molecule has 2 aliphatic rings. The van der Waals surface area contributed by atoms with Crippen molar-refractivity contribution in [2.45, 2.75) is 51.7 Å². The molecule has 1 unspecified atom stereocenters.